The number of hydrogen-bond donors (Lipinski definition) is 1. The minimum atomic E-state index is -0.232. The van der Waals surface area contributed by atoms with Crippen molar-refractivity contribution in [2.45, 2.75) is 18.4 Å². The number of carbonyl (C=O) groups is 1. The Bertz CT molecular complexity index is 591. The summed E-state index contributed by atoms with van der Waals surface area (Å²) < 4.78 is 13.4. The molecule has 0 atom stereocenters. The first-order valence-corrected chi connectivity index (χ1v) is 8.81. The lowest BCUT2D eigenvalue weighted by atomic mass is 10.2. The standard InChI is InChI=1S/C16H23FN4OS.HI/c1-12(22)20-6-8-21(9-7-20)16(18-2)19-11-13-10-14(17)4-5-15(13)23-3;/h4-5,10H,6-9,11H2,1-3H3,(H,18,19);1H. The first kappa shape index (κ1) is 21.0. The minimum Gasteiger partial charge on any atom is -0.352 e. The highest BCUT2D eigenvalue weighted by atomic mass is 127. The number of nitrogens with one attached hydrogen (secondary N) is 1. The molecule has 0 unspecified atom stereocenters. The van der Waals surface area contributed by atoms with Crippen molar-refractivity contribution in [2.75, 3.05) is 39.5 Å². The summed E-state index contributed by atoms with van der Waals surface area (Å²) in [5.74, 6) is 0.658. The molecule has 134 valence electrons. The van der Waals surface area contributed by atoms with Crippen LogP contribution in [-0.2, 0) is 11.3 Å². The zero-order chi connectivity index (χ0) is 16.8. The van der Waals surface area contributed by atoms with Crippen molar-refractivity contribution in [3.05, 3.63) is 29.6 Å². The highest BCUT2D eigenvalue weighted by Crippen LogP contribution is 2.21. The van der Waals surface area contributed by atoms with E-state index in [1.165, 1.54) is 6.07 Å². The second-order valence-electron chi connectivity index (χ2n) is 5.35. The van der Waals surface area contributed by atoms with Crippen LogP contribution in [0.25, 0.3) is 0 Å². The summed E-state index contributed by atoms with van der Waals surface area (Å²) in [5, 5.41) is 3.29. The molecule has 0 spiro atoms. The Morgan fingerprint density at radius 2 is 1.92 bits per heavy atom. The van der Waals surface area contributed by atoms with Crippen molar-refractivity contribution >= 4 is 47.6 Å². The van der Waals surface area contributed by atoms with Crippen molar-refractivity contribution in [3.63, 3.8) is 0 Å². The van der Waals surface area contributed by atoms with Crippen molar-refractivity contribution in [1.29, 1.82) is 0 Å². The Hall–Kier alpha value is -1.03. The quantitative estimate of drug-likeness (QED) is 0.322. The molecule has 1 aliphatic rings. The van der Waals surface area contributed by atoms with Crippen molar-refractivity contribution < 1.29 is 9.18 Å². The smallest absolute Gasteiger partial charge is 0.219 e. The molecule has 0 aliphatic carbocycles. The number of thioether (sulfide) groups is 1. The van der Waals surface area contributed by atoms with Crippen LogP contribution in [0, 0.1) is 5.82 Å². The molecule has 1 amide bonds. The van der Waals surface area contributed by atoms with Crippen LogP contribution in [0.3, 0.4) is 0 Å². The van der Waals surface area contributed by atoms with Gasteiger partial charge < -0.3 is 15.1 Å². The predicted molar refractivity (Wildman–Crippen MR) is 108 cm³/mol. The van der Waals surface area contributed by atoms with Gasteiger partial charge in [0.1, 0.15) is 5.82 Å². The van der Waals surface area contributed by atoms with E-state index in [-0.39, 0.29) is 35.7 Å². The van der Waals surface area contributed by atoms with Gasteiger partial charge in [-0.05, 0) is 30.0 Å². The second kappa shape index (κ2) is 10.1. The lowest BCUT2D eigenvalue weighted by molar-refractivity contribution is -0.130. The monoisotopic (exact) mass is 466 g/mol. The van der Waals surface area contributed by atoms with E-state index in [4.69, 9.17) is 0 Å². The fraction of sp³-hybridized carbons (Fsp3) is 0.500. The first-order chi connectivity index (χ1) is 11.0. The molecular formula is C16H24FIN4OS. The third-order valence-electron chi connectivity index (χ3n) is 3.92. The van der Waals surface area contributed by atoms with Gasteiger partial charge in [-0.25, -0.2) is 4.39 Å². The lowest BCUT2D eigenvalue weighted by Gasteiger charge is -2.36. The lowest BCUT2D eigenvalue weighted by Crippen LogP contribution is -2.53. The number of guanidine groups is 1. The van der Waals surface area contributed by atoms with Crippen LogP contribution in [0.15, 0.2) is 28.1 Å². The fourth-order valence-electron chi connectivity index (χ4n) is 2.63. The number of carbonyl (C=O) groups excluding carboxylic acids is 1. The van der Waals surface area contributed by atoms with E-state index in [1.54, 1.807) is 37.9 Å². The van der Waals surface area contributed by atoms with Gasteiger partial charge in [0, 0.05) is 51.6 Å². The zero-order valence-corrected chi connectivity index (χ0v) is 17.4. The fourth-order valence-corrected chi connectivity index (χ4v) is 3.22. The topological polar surface area (TPSA) is 47.9 Å². The van der Waals surface area contributed by atoms with Gasteiger partial charge in [0.25, 0.3) is 0 Å². The molecule has 0 aromatic heterocycles. The van der Waals surface area contributed by atoms with E-state index in [1.807, 2.05) is 11.2 Å². The van der Waals surface area contributed by atoms with Crippen molar-refractivity contribution in [1.82, 2.24) is 15.1 Å². The number of hydrogen-bond acceptors (Lipinski definition) is 3. The summed E-state index contributed by atoms with van der Waals surface area (Å²) in [6.07, 6.45) is 1.98. The number of amides is 1. The zero-order valence-electron chi connectivity index (χ0n) is 14.2. The molecule has 1 N–H and O–H groups in total. The van der Waals surface area contributed by atoms with Crippen LogP contribution in [0.4, 0.5) is 4.39 Å². The number of benzene rings is 1. The molecule has 2 rings (SSSR count). The molecule has 1 saturated heterocycles. The Balaban J connectivity index is 0.00000288. The summed E-state index contributed by atoms with van der Waals surface area (Å²) in [7, 11) is 1.74. The molecule has 0 saturated carbocycles. The normalized spacial score (nSPS) is 15.1. The predicted octanol–water partition coefficient (Wildman–Crippen LogP) is 2.41. The maximum atomic E-state index is 13.4. The molecule has 24 heavy (non-hydrogen) atoms. The number of nitrogens with zero attached hydrogens (tertiary/aromatic N) is 3. The van der Waals surface area contributed by atoms with Crippen LogP contribution in [0.2, 0.25) is 0 Å². The highest BCUT2D eigenvalue weighted by Gasteiger charge is 2.20. The van der Waals surface area contributed by atoms with Crippen LogP contribution in [-0.4, -0.2) is 61.1 Å². The van der Waals surface area contributed by atoms with Gasteiger partial charge in [0.15, 0.2) is 5.96 Å². The first-order valence-electron chi connectivity index (χ1n) is 7.58. The molecular weight excluding hydrogens is 442 g/mol. The van der Waals surface area contributed by atoms with Crippen LogP contribution >= 0.6 is 35.7 Å². The molecule has 1 fully saturated rings. The van der Waals surface area contributed by atoms with Gasteiger partial charge in [-0.1, -0.05) is 0 Å². The van der Waals surface area contributed by atoms with Crippen LogP contribution in [0.5, 0.6) is 0 Å². The third-order valence-corrected chi connectivity index (χ3v) is 4.75. The number of piperazine rings is 1. The summed E-state index contributed by atoms with van der Waals surface area (Å²) in [5.41, 5.74) is 0.918. The van der Waals surface area contributed by atoms with Gasteiger partial charge in [-0.3, -0.25) is 9.79 Å². The average molecular weight is 466 g/mol. The minimum absolute atomic E-state index is 0. The van der Waals surface area contributed by atoms with E-state index in [0.29, 0.717) is 19.6 Å². The summed E-state index contributed by atoms with van der Waals surface area (Å²) in [4.78, 5) is 20.7. The largest absolute Gasteiger partial charge is 0.352 e. The van der Waals surface area contributed by atoms with Gasteiger partial charge in [0.05, 0.1) is 0 Å². The Morgan fingerprint density at radius 1 is 1.29 bits per heavy atom. The van der Waals surface area contributed by atoms with E-state index in [2.05, 4.69) is 15.2 Å². The van der Waals surface area contributed by atoms with Gasteiger partial charge >= 0.3 is 0 Å². The Kier molecular flexibility index (Phi) is 8.82. The molecule has 1 aromatic rings. The third kappa shape index (κ3) is 5.51. The molecule has 5 nitrogen and oxygen atoms in total. The van der Waals surface area contributed by atoms with Crippen LogP contribution < -0.4 is 5.32 Å². The summed E-state index contributed by atoms with van der Waals surface area (Å²) in [6, 6.07) is 4.83. The van der Waals surface area contributed by atoms with Crippen LogP contribution in [0.1, 0.15) is 12.5 Å². The summed E-state index contributed by atoms with van der Waals surface area (Å²) >= 11 is 1.60. The number of aliphatic imine (C=N–C) groups is 1. The number of halogens is 2. The molecule has 1 heterocycles. The SMILES string of the molecule is CN=C(NCc1cc(F)ccc1SC)N1CCN(C(C)=O)CC1.I. The van der Waals surface area contributed by atoms with E-state index in [9.17, 15) is 9.18 Å². The maximum Gasteiger partial charge on any atom is 0.219 e. The average Bonchev–Trinajstić information content (AvgIpc) is 2.56. The maximum absolute atomic E-state index is 13.4. The highest BCUT2D eigenvalue weighted by molar-refractivity contribution is 14.0. The van der Waals surface area contributed by atoms with E-state index in [0.717, 1.165) is 29.5 Å². The molecule has 0 radical (unpaired) electrons. The van der Waals surface area contributed by atoms with Gasteiger partial charge in [-0.15, -0.1) is 35.7 Å². The summed E-state index contributed by atoms with van der Waals surface area (Å²) in [6.45, 7) is 5.01. The molecule has 1 aliphatic heterocycles. The van der Waals surface area contributed by atoms with Gasteiger partial charge in [-0.2, -0.15) is 0 Å². The Morgan fingerprint density at radius 3 is 2.46 bits per heavy atom. The van der Waals surface area contributed by atoms with Crippen molar-refractivity contribution in [3.8, 4) is 0 Å². The molecule has 8 heteroatoms. The van der Waals surface area contributed by atoms with Crippen molar-refractivity contribution in [2.24, 2.45) is 4.99 Å². The Labute approximate surface area is 164 Å². The van der Waals surface area contributed by atoms with Gasteiger partial charge in [0.2, 0.25) is 5.91 Å². The molecule has 1 aromatic carbocycles. The second-order valence-corrected chi connectivity index (χ2v) is 6.20. The molecule has 0 bridgehead atoms. The van der Waals surface area contributed by atoms with E-state index >= 15 is 0 Å². The van der Waals surface area contributed by atoms with E-state index < -0.39 is 0 Å². The number of rotatable bonds is 3.